The topological polar surface area (TPSA) is 76.0 Å². The summed E-state index contributed by atoms with van der Waals surface area (Å²) in [5.41, 5.74) is 6.67. The van der Waals surface area contributed by atoms with Crippen LogP contribution in [0, 0.1) is 6.92 Å². The predicted octanol–water partition coefficient (Wildman–Crippen LogP) is 6.33. The van der Waals surface area contributed by atoms with Gasteiger partial charge in [-0.15, -0.1) is 0 Å². The molecule has 0 unspecified atom stereocenters. The van der Waals surface area contributed by atoms with Crippen LogP contribution in [0.1, 0.15) is 5.56 Å². The van der Waals surface area contributed by atoms with Gasteiger partial charge in [0.2, 0.25) is 5.91 Å². The van der Waals surface area contributed by atoms with Crippen molar-refractivity contribution in [2.24, 2.45) is 0 Å². The van der Waals surface area contributed by atoms with E-state index in [2.05, 4.69) is 39.8 Å². The van der Waals surface area contributed by atoms with Crippen LogP contribution in [0.15, 0.2) is 96.4 Å². The minimum Gasteiger partial charge on any atom is -0.330 e. The van der Waals surface area contributed by atoms with Crippen LogP contribution >= 0.6 is 11.9 Å². The summed E-state index contributed by atoms with van der Waals surface area (Å²) in [6, 6.07) is 23.2. The normalized spacial score (nSPS) is 10.9. The van der Waals surface area contributed by atoms with Crippen LogP contribution in [0.25, 0.3) is 38.6 Å². The standard InChI is InChI=1S/C29H24N4O2S/c1-4-27(34)31-26-16-23(12-5-18(26)2)33-28(35)14-9-21-17-30-25-13-8-20(15-24(25)29(21)33)19-6-10-22(11-7-19)32-36-3/h4-17,32H,1H2,2-3H3,(H,31,34). The average Bonchev–Trinajstić information content (AvgIpc) is 2.90. The van der Waals surface area contributed by atoms with Crippen LogP contribution in [-0.4, -0.2) is 21.7 Å². The first-order valence-corrected chi connectivity index (χ1v) is 12.6. The van der Waals surface area contributed by atoms with Crippen LogP contribution in [0.2, 0.25) is 0 Å². The maximum absolute atomic E-state index is 13.2. The van der Waals surface area contributed by atoms with Crippen LogP contribution in [0.5, 0.6) is 0 Å². The number of pyridine rings is 2. The summed E-state index contributed by atoms with van der Waals surface area (Å²) in [6.07, 6.45) is 4.99. The van der Waals surface area contributed by atoms with Crippen molar-refractivity contribution in [1.29, 1.82) is 0 Å². The number of nitrogens with one attached hydrogen (secondary N) is 2. The molecule has 6 nitrogen and oxygen atoms in total. The zero-order valence-electron chi connectivity index (χ0n) is 19.9. The SMILES string of the molecule is C=CC(=O)Nc1cc(-n2c(=O)ccc3cnc4ccc(-c5ccc(NSC)cc5)cc4c32)ccc1C. The Balaban J connectivity index is 1.73. The number of carbonyl (C=O) groups is 1. The maximum atomic E-state index is 13.2. The summed E-state index contributed by atoms with van der Waals surface area (Å²) in [5, 5.41) is 4.54. The number of carbonyl (C=O) groups excluding carboxylic acids is 1. The lowest BCUT2D eigenvalue weighted by Crippen LogP contribution is -2.18. The third kappa shape index (κ3) is 4.36. The quantitative estimate of drug-likeness (QED) is 0.165. The van der Waals surface area contributed by atoms with Crippen molar-refractivity contribution in [3.8, 4) is 16.8 Å². The molecular weight excluding hydrogens is 468 g/mol. The first-order valence-electron chi connectivity index (χ1n) is 11.4. The van der Waals surface area contributed by atoms with Crippen molar-refractivity contribution < 1.29 is 4.79 Å². The molecule has 0 atom stereocenters. The van der Waals surface area contributed by atoms with Crippen molar-refractivity contribution in [3.05, 3.63) is 108 Å². The molecule has 7 heteroatoms. The zero-order chi connectivity index (χ0) is 25.2. The molecule has 178 valence electrons. The molecule has 3 aromatic carbocycles. The van der Waals surface area contributed by atoms with Crippen LogP contribution in [0.4, 0.5) is 11.4 Å². The van der Waals surface area contributed by atoms with Gasteiger partial charge in [0.1, 0.15) is 0 Å². The van der Waals surface area contributed by atoms with Gasteiger partial charge in [0.15, 0.2) is 0 Å². The molecule has 0 saturated heterocycles. The fourth-order valence-corrected chi connectivity index (χ4v) is 4.64. The van der Waals surface area contributed by atoms with Gasteiger partial charge in [-0.1, -0.05) is 42.8 Å². The smallest absolute Gasteiger partial charge is 0.255 e. The molecule has 0 bridgehead atoms. The number of fused-ring (bicyclic) bond motifs is 3. The highest BCUT2D eigenvalue weighted by Crippen LogP contribution is 2.31. The summed E-state index contributed by atoms with van der Waals surface area (Å²) >= 11 is 1.55. The van der Waals surface area contributed by atoms with E-state index in [9.17, 15) is 9.59 Å². The van der Waals surface area contributed by atoms with E-state index in [0.29, 0.717) is 11.4 Å². The lowest BCUT2D eigenvalue weighted by Gasteiger charge is -2.15. The van der Waals surface area contributed by atoms with Gasteiger partial charge < -0.3 is 10.0 Å². The van der Waals surface area contributed by atoms with E-state index in [4.69, 9.17) is 0 Å². The summed E-state index contributed by atoms with van der Waals surface area (Å²) in [6.45, 7) is 5.43. The summed E-state index contributed by atoms with van der Waals surface area (Å²) < 4.78 is 4.91. The van der Waals surface area contributed by atoms with E-state index in [1.807, 2.05) is 55.6 Å². The molecule has 0 saturated carbocycles. The van der Waals surface area contributed by atoms with E-state index in [-0.39, 0.29) is 11.5 Å². The van der Waals surface area contributed by atoms with Crippen molar-refractivity contribution in [2.45, 2.75) is 6.92 Å². The number of amides is 1. The largest absolute Gasteiger partial charge is 0.330 e. The maximum Gasteiger partial charge on any atom is 0.255 e. The summed E-state index contributed by atoms with van der Waals surface area (Å²) in [7, 11) is 0. The van der Waals surface area contributed by atoms with Gasteiger partial charge in [-0.2, -0.15) is 0 Å². The van der Waals surface area contributed by atoms with Gasteiger partial charge in [-0.05, 0) is 72.2 Å². The minimum absolute atomic E-state index is 0.169. The molecule has 0 aliphatic heterocycles. The predicted molar refractivity (Wildman–Crippen MR) is 151 cm³/mol. The third-order valence-corrected chi connectivity index (χ3v) is 6.52. The number of hydrogen-bond donors (Lipinski definition) is 2. The second-order valence-electron chi connectivity index (χ2n) is 8.38. The van der Waals surface area contributed by atoms with Crippen molar-refractivity contribution in [2.75, 3.05) is 16.3 Å². The van der Waals surface area contributed by atoms with Crippen molar-refractivity contribution in [1.82, 2.24) is 9.55 Å². The zero-order valence-corrected chi connectivity index (χ0v) is 20.7. The number of aryl methyl sites for hydroxylation is 1. The number of anilines is 2. The van der Waals surface area contributed by atoms with Crippen LogP contribution < -0.4 is 15.6 Å². The van der Waals surface area contributed by atoms with E-state index in [1.54, 1.807) is 34.8 Å². The lowest BCUT2D eigenvalue weighted by atomic mass is 10.0. The first-order chi connectivity index (χ1) is 17.5. The van der Waals surface area contributed by atoms with Crippen LogP contribution in [0.3, 0.4) is 0 Å². The van der Waals surface area contributed by atoms with E-state index < -0.39 is 0 Å². The monoisotopic (exact) mass is 492 g/mol. The molecular formula is C29H24N4O2S. The molecule has 5 rings (SSSR count). The molecule has 0 aliphatic rings. The fraction of sp³-hybridized carbons (Fsp3) is 0.0690. The number of benzene rings is 3. The fourth-order valence-electron chi connectivity index (χ4n) is 4.26. The van der Waals surface area contributed by atoms with Gasteiger partial charge in [0.05, 0.1) is 16.7 Å². The van der Waals surface area contributed by atoms with Gasteiger partial charge in [-0.25, -0.2) is 0 Å². The molecule has 0 spiro atoms. The highest BCUT2D eigenvalue weighted by molar-refractivity contribution is 7.99. The van der Waals surface area contributed by atoms with Gasteiger partial charge in [0.25, 0.3) is 5.56 Å². The van der Waals surface area contributed by atoms with Crippen molar-refractivity contribution >= 4 is 51.0 Å². The molecule has 5 aromatic rings. The Kier molecular flexibility index (Phi) is 6.31. The molecule has 0 aliphatic carbocycles. The number of aromatic nitrogens is 2. The highest BCUT2D eigenvalue weighted by Gasteiger charge is 2.13. The molecule has 1 amide bonds. The van der Waals surface area contributed by atoms with Gasteiger partial charge >= 0.3 is 0 Å². The molecule has 2 aromatic heterocycles. The Morgan fingerprint density at radius 3 is 2.53 bits per heavy atom. The molecule has 2 heterocycles. The van der Waals surface area contributed by atoms with Gasteiger partial charge in [0, 0.05) is 40.7 Å². The minimum atomic E-state index is -0.307. The third-order valence-electron chi connectivity index (χ3n) is 6.08. The molecule has 2 N–H and O–H groups in total. The Morgan fingerprint density at radius 2 is 1.78 bits per heavy atom. The summed E-state index contributed by atoms with van der Waals surface area (Å²) in [4.78, 5) is 29.8. The number of hydrogen-bond acceptors (Lipinski definition) is 5. The van der Waals surface area contributed by atoms with E-state index in [1.165, 1.54) is 6.08 Å². The second-order valence-corrected chi connectivity index (χ2v) is 8.99. The molecule has 36 heavy (non-hydrogen) atoms. The average molecular weight is 493 g/mol. The molecule has 0 fully saturated rings. The van der Waals surface area contributed by atoms with Crippen molar-refractivity contribution in [3.63, 3.8) is 0 Å². The summed E-state index contributed by atoms with van der Waals surface area (Å²) in [5.74, 6) is -0.307. The van der Waals surface area contributed by atoms with E-state index in [0.717, 1.165) is 44.2 Å². The molecule has 0 radical (unpaired) electrons. The second kappa shape index (κ2) is 9.71. The van der Waals surface area contributed by atoms with Gasteiger partial charge in [-0.3, -0.25) is 19.1 Å². The first kappa shape index (κ1) is 23.4. The number of rotatable bonds is 6. The Hall–Kier alpha value is -4.36. The highest BCUT2D eigenvalue weighted by atomic mass is 32.2. The number of nitrogens with zero attached hydrogens (tertiary/aromatic N) is 2. The Morgan fingerprint density at radius 1 is 1.00 bits per heavy atom. The lowest BCUT2D eigenvalue weighted by molar-refractivity contribution is -0.111. The Bertz CT molecular complexity index is 1690. The van der Waals surface area contributed by atoms with Crippen LogP contribution in [-0.2, 0) is 4.79 Å². The van der Waals surface area contributed by atoms with E-state index >= 15 is 0 Å². The Labute approximate surface area is 212 Å².